The van der Waals surface area contributed by atoms with Crippen LogP contribution in [0.3, 0.4) is 0 Å². The lowest BCUT2D eigenvalue weighted by Crippen LogP contribution is -2.41. The van der Waals surface area contributed by atoms with Gasteiger partial charge in [-0.25, -0.2) is 15.0 Å². The number of benzene rings is 1. The zero-order valence-electron chi connectivity index (χ0n) is 22.1. The Morgan fingerprint density at radius 1 is 1.00 bits per heavy atom. The van der Waals surface area contributed by atoms with Crippen molar-refractivity contribution in [2.45, 2.75) is 52.1 Å². The van der Waals surface area contributed by atoms with Crippen LogP contribution in [0.4, 0.5) is 18.9 Å². The van der Waals surface area contributed by atoms with Crippen molar-refractivity contribution < 1.29 is 23.1 Å². The molecule has 12 heteroatoms. The highest BCUT2D eigenvalue weighted by molar-refractivity contribution is 6.07. The van der Waals surface area contributed by atoms with E-state index < -0.39 is 11.9 Å². The van der Waals surface area contributed by atoms with E-state index in [1.165, 1.54) is 12.3 Å². The molecule has 208 valence electrons. The summed E-state index contributed by atoms with van der Waals surface area (Å²) in [6.07, 6.45) is -2.00. The van der Waals surface area contributed by atoms with E-state index in [1.54, 1.807) is 9.58 Å². The summed E-state index contributed by atoms with van der Waals surface area (Å²) in [5.74, 6) is 0.249. The van der Waals surface area contributed by atoms with Crippen LogP contribution in [-0.4, -0.2) is 66.4 Å². The molecule has 9 nitrogen and oxygen atoms in total. The molecule has 1 N–H and O–H groups in total. The maximum atomic E-state index is 13.6. The standard InChI is InChI=1S/C28H28F3N7O2/c1-16-13-18(26-32-14-21-20(34-26)4-6-24(33-21)28(29,30)31)3-5-23(16)37-11-12-38-25(27(37)40)17(2)22(35-38)15-36-9-7-19(39)8-10-36/h3-6,13-14,19,39H,7-12,15H2,1-2H3. The van der Waals surface area contributed by atoms with Crippen LogP contribution in [-0.2, 0) is 19.3 Å². The van der Waals surface area contributed by atoms with Crippen LogP contribution in [0.1, 0.15) is 45.8 Å². The number of hydrogen-bond donors (Lipinski definition) is 1. The van der Waals surface area contributed by atoms with Crippen LogP contribution in [0.15, 0.2) is 36.5 Å². The monoisotopic (exact) mass is 551 g/mol. The number of carbonyl (C=O) groups excluding carboxylic acids is 1. The molecule has 0 spiro atoms. The van der Waals surface area contributed by atoms with Crippen molar-refractivity contribution in [3.8, 4) is 11.4 Å². The second kappa shape index (κ2) is 9.93. The Kier molecular flexibility index (Phi) is 6.54. The first-order valence-electron chi connectivity index (χ1n) is 13.2. The number of alkyl halides is 3. The summed E-state index contributed by atoms with van der Waals surface area (Å²) >= 11 is 0. The summed E-state index contributed by atoms with van der Waals surface area (Å²) in [5, 5.41) is 14.5. The molecule has 0 unspecified atom stereocenters. The molecule has 0 atom stereocenters. The summed E-state index contributed by atoms with van der Waals surface area (Å²) in [7, 11) is 0. The first-order valence-corrected chi connectivity index (χ1v) is 13.2. The van der Waals surface area contributed by atoms with Crippen LogP contribution in [0.25, 0.3) is 22.4 Å². The Morgan fingerprint density at radius 3 is 2.50 bits per heavy atom. The first kappa shape index (κ1) is 26.3. The molecule has 1 fully saturated rings. The smallest absolute Gasteiger partial charge is 0.393 e. The molecule has 2 aliphatic rings. The molecule has 2 aliphatic heterocycles. The fourth-order valence-corrected chi connectivity index (χ4v) is 5.44. The topological polar surface area (TPSA) is 100 Å². The number of amides is 1. The number of nitrogens with zero attached hydrogens (tertiary/aromatic N) is 7. The van der Waals surface area contributed by atoms with Gasteiger partial charge in [-0.2, -0.15) is 18.3 Å². The third-order valence-corrected chi connectivity index (χ3v) is 7.68. The number of likely N-dealkylation sites (tertiary alicyclic amines) is 1. The van der Waals surface area contributed by atoms with Gasteiger partial charge in [0.15, 0.2) is 5.82 Å². The van der Waals surface area contributed by atoms with Gasteiger partial charge < -0.3 is 10.0 Å². The third kappa shape index (κ3) is 4.81. The number of anilines is 1. The van der Waals surface area contributed by atoms with Crippen molar-refractivity contribution in [2.24, 2.45) is 0 Å². The van der Waals surface area contributed by atoms with Gasteiger partial charge in [-0.05, 0) is 62.6 Å². The average molecular weight is 552 g/mol. The molecule has 0 radical (unpaired) electrons. The number of hydrogen-bond acceptors (Lipinski definition) is 7. The van der Waals surface area contributed by atoms with E-state index in [2.05, 4.69) is 19.9 Å². The maximum absolute atomic E-state index is 13.6. The van der Waals surface area contributed by atoms with E-state index in [9.17, 15) is 23.1 Å². The van der Waals surface area contributed by atoms with E-state index in [0.717, 1.165) is 54.5 Å². The summed E-state index contributed by atoms with van der Waals surface area (Å²) < 4.78 is 40.8. The lowest BCUT2D eigenvalue weighted by atomic mass is 10.1. The summed E-state index contributed by atoms with van der Waals surface area (Å²) in [5.41, 5.74) is 4.04. The van der Waals surface area contributed by atoms with Crippen LogP contribution in [0, 0.1) is 13.8 Å². The highest BCUT2D eigenvalue weighted by Gasteiger charge is 2.33. The van der Waals surface area contributed by atoms with E-state index >= 15 is 0 Å². The van der Waals surface area contributed by atoms with Crippen molar-refractivity contribution in [3.63, 3.8) is 0 Å². The molecule has 40 heavy (non-hydrogen) atoms. The van der Waals surface area contributed by atoms with Gasteiger partial charge >= 0.3 is 6.18 Å². The van der Waals surface area contributed by atoms with Crippen LogP contribution in [0.2, 0.25) is 0 Å². The number of pyridine rings is 1. The number of piperidine rings is 1. The summed E-state index contributed by atoms with van der Waals surface area (Å²) in [6, 6.07) is 7.73. The zero-order chi connectivity index (χ0) is 28.2. The molecule has 1 aromatic carbocycles. The minimum atomic E-state index is -4.54. The number of aromatic nitrogens is 5. The molecule has 4 aromatic rings. The van der Waals surface area contributed by atoms with Crippen LogP contribution in [0.5, 0.6) is 0 Å². The largest absolute Gasteiger partial charge is 0.433 e. The van der Waals surface area contributed by atoms with Crippen molar-refractivity contribution >= 4 is 22.6 Å². The van der Waals surface area contributed by atoms with Crippen LogP contribution < -0.4 is 4.90 Å². The number of fused-ring (bicyclic) bond motifs is 2. The predicted molar refractivity (Wildman–Crippen MR) is 142 cm³/mol. The number of aliphatic hydroxyl groups is 1. The van der Waals surface area contributed by atoms with Crippen molar-refractivity contribution in [2.75, 3.05) is 24.5 Å². The Bertz CT molecular complexity index is 1610. The van der Waals surface area contributed by atoms with Crippen molar-refractivity contribution in [3.05, 3.63) is 64.7 Å². The second-order valence-corrected chi connectivity index (χ2v) is 10.4. The molecule has 3 aromatic heterocycles. The Hall–Kier alpha value is -3.90. The first-order chi connectivity index (χ1) is 19.1. The lowest BCUT2D eigenvalue weighted by Gasteiger charge is -2.29. The van der Waals surface area contributed by atoms with Crippen molar-refractivity contribution in [1.82, 2.24) is 29.6 Å². The lowest BCUT2D eigenvalue weighted by molar-refractivity contribution is -0.140. The zero-order valence-corrected chi connectivity index (χ0v) is 22.1. The summed E-state index contributed by atoms with van der Waals surface area (Å²) in [6.45, 7) is 7.15. The Labute approximate surface area is 228 Å². The average Bonchev–Trinajstić information content (AvgIpc) is 3.24. The number of aliphatic hydroxyl groups excluding tert-OH is 1. The van der Waals surface area contributed by atoms with Gasteiger partial charge in [0.1, 0.15) is 16.9 Å². The van der Waals surface area contributed by atoms with E-state index in [1.807, 2.05) is 32.0 Å². The molecular weight excluding hydrogens is 523 g/mol. The normalized spacial score (nSPS) is 17.1. The highest BCUT2D eigenvalue weighted by Crippen LogP contribution is 2.32. The van der Waals surface area contributed by atoms with Gasteiger partial charge in [0.05, 0.1) is 30.1 Å². The maximum Gasteiger partial charge on any atom is 0.433 e. The van der Waals surface area contributed by atoms with Gasteiger partial charge in [0.25, 0.3) is 5.91 Å². The molecule has 6 rings (SSSR count). The number of rotatable bonds is 4. The van der Waals surface area contributed by atoms with Gasteiger partial charge in [-0.15, -0.1) is 0 Å². The van der Waals surface area contributed by atoms with Crippen LogP contribution >= 0.6 is 0 Å². The van der Waals surface area contributed by atoms with E-state index in [0.29, 0.717) is 42.2 Å². The predicted octanol–water partition coefficient (Wildman–Crippen LogP) is 4.14. The minimum absolute atomic E-state index is 0.0649. The molecular formula is C28H28F3N7O2. The molecule has 0 saturated carbocycles. The number of carbonyl (C=O) groups is 1. The van der Waals surface area contributed by atoms with Gasteiger partial charge in [0.2, 0.25) is 0 Å². The fraction of sp³-hybridized carbons (Fsp3) is 0.393. The quantitative estimate of drug-likeness (QED) is 0.407. The van der Waals surface area contributed by atoms with Crippen molar-refractivity contribution in [1.29, 1.82) is 0 Å². The Balaban J connectivity index is 1.23. The molecule has 1 saturated heterocycles. The molecule has 0 bridgehead atoms. The minimum Gasteiger partial charge on any atom is -0.393 e. The SMILES string of the molecule is Cc1cc(-c2ncc3nc(C(F)(F)F)ccc3n2)ccc1N1CCn2nc(CN3CCC(O)CC3)c(C)c2C1=O. The van der Waals surface area contributed by atoms with Gasteiger partial charge in [-0.1, -0.05) is 0 Å². The van der Waals surface area contributed by atoms with Gasteiger partial charge in [0, 0.05) is 43.0 Å². The van der Waals surface area contributed by atoms with Gasteiger partial charge in [-0.3, -0.25) is 14.4 Å². The molecule has 1 amide bonds. The second-order valence-electron chi connectivity index (χ2n) is 10.4. The van der Waals surface area contributed by atoms with E-state index in [4.69, 9.17) is 5.10 Å². The molecule has 5 heterocycles. The number of aryl methyl sites for hydroxylation is 1. The fourth-order valence-electron chi connectivity index (χ4n) is 5.44. The molecule has 0 aliphatic carbocycles. The third-order valence-electron chi connectivity index (χ3n) is 7.68. The number of halogens is 3. The Morgan fingerprint density at radius 2 is 1.77 bits per heavy atom. The summed E-state index contributed by atoms with van der Waals surface area (Å²) in [4.78, 5) is 30.0. The highest BCUT2D eigenvalue weighted by atomic mass is 19.4. The van der Waals surface area contributed by atoms with E-state index in [-0.39, 0.29) is 17.5 Å².